The molecule has 3 aromatic carbocycles. The topological polar surface area (TPSA) is 62.3 Å². The lowest BCUT2D eigenvalue weighted by Crippen LogP contribution is -2.19. The largest absolute Gasteiger partial charge is 0.497 e. The van der Waals surface area contributed by atoms with Crippen molar-refractivity contribution < 1.29 is 4.74 Å². The number of aryl methyl sites for hydroxylation is 2. The summed E-state index contributed by atoms with van der Waals surface area (Å²) in [6.07, 6.45) is 2.01. The third kappa shape index (κ3) is 3.79. The quantitative estimate of drug-likeness (QED) is 0.509. The van der Waals surface area contributed by atoms with E-state index in [1.165, 1.54) is 11.1 Å². The van der Waals surface area contributed by atoms with Gasteiger partial charge in [0.05, 0.1) is 24.7 Å². The molecule has 1 aliphatic rings. The molecule has 0 bridgehead atoms. The lowest BCUT2D eigenvalue weighted by Gasteiger charge is -2.05. The maximum Gasteiger partial charge on any atom is 0.138 e. The molecule has 4 aromatic rings. The van der Waals surface area contributed by atoms with Gasteiger partial charge in [0.1, 0.15) is 17.4 Å². The number of aliphatic imine (C=N–C) groups is 1. The molecule has 5 nitrogen and oxygen atoms in total. The Morgan fingerprint density at radius 2 is 1.57 bits per heavy atom. The lowest BCUT2D eigenvalue weighted by molar-refractivity contribution is 0.414. The highest BCUT2D eigenvalue weighted by Crippen LogP contribution is 2.23. The second-order valence-electron chi connectivity index (χ2n) is 7.52. The van der Waals surface area contributed by atoms with E-state index in [2.05, 4.69) is 69.9 Å². The molecular weight excluding hydrogens is 372 g/mol. The summed E-state index contributed by atoms with van der Waals surface area (Å²) in [6, 6.07) is 23.2. The van der Waals surface area contributed by atoms with Crippen molar-refractivity contribution in [1.29, 1.82) is 0 Å². The molecule has 0 saturated heterocycles. The first-order valence-corrected chi connectivity index (χ1v) is 10.3. The number of nitrogens with one attached hydrogen (secondary N) is 2. The Balaban J connectivity index is 1.30. The number of fused-ring (bicyclic) bond motifs is 1. The molecule has 0 aliphatic carbocycles. The van der Waals surface area contributed by atoms with E-state index in [1.807, 2.05) is 12.1 Å². The van der Waals surface area contributed by atoms with Crippen molar-refractivity contribution in [1.82, 2.24) is 15.3 Å². The minimum atomic E-state index is 0.840. The van der Waals surface area contributed by atoms with Crippen LogP contribution in [0.4, 0.5) is 0 Å². The SMILES string of the molecule is COc1ccc(CCc2ccc(-c3nc4ccc(C5=NCCN5)cc4[nH]3)cc2)cc1. The van der Waals surface area contributed by atoms with E-state index < -0.39 is 0 Å². The fourth-order valence-electron chi connectivity index (χ4n) is 3.80. The third-order valence-corrected chi connectivity index (χ3v) is 5.52. The fraction of sp³-hybridized carbons (Fsp3) is 0.200. The van der Waals surface area contributed by atoms with E-state index in [9.17, 15) is 0 Å². The molecule has 0 fully saturated rings. The second kappa shape index (κ2) is 8.03. The van der Waals surface area contributed by atoms with Crippen LogP contribution in [-0.2, 0) is 12.8 Å². The maximum absolute atomic E-state index is 5.22. The summed E-state index contributed by atoms with van der Waals surface area (Å²) >= 11 is 0. The van der Waals surface area contributed by atoms with Crippen molar-refractivity contribution in [3.8, 4) is 17.1 Å². The van der Waals surface area contributed by atoms with E-state index in [1.54, 1.807) is 7.11 Å². The van der Waals surface area contributed by atoms with Gasteiger partial charge in [-0.1, -0.05) is 36.4 Å². The summed E-state index contributed by atoms with van der Waals surface area (Å²) in [7, 11) is 1.69. The molecule has 0 amide bonds. The zero-order chi connectivity index (χ0) is 20.3. The fourth-order valence-corrected chi connectivity index (χ4v) is 3.80. The maximum atomic E-state index is 5.22. The number of methoxy groups -OCH3 is 1. The highest BCUT2D eigenvalue weighted by molar-refractivity contribution is 6.02. The predicted molar refractivity (Wildman–Crippen MR) is 121 cm³/mol. The molecular formula is C25H24N4O. The Morgan fingerprint density at radius 3 is 2.23 bits per heavy atom. The molecule has 150 valence electrons. The zero-order valence-electron chi connectivity index (χ0n) is 17.0. The van der Waals surface area contributed by atoms with Gasteiger partial charge >= 0.3 is 0 Å². The number of nitrogens with zero attached hydrogens (tertiary/aromatic N) is 2. The van der Waals surface area contributed by atoms with Crippen molar-refractivity contribution >= 4 is 16.9 Å². The van der Waals surface area contributed by atoms with Gasteiger partial charge in [-0.2, -0.15) is 0 Å². The highest BCUT2D eigenvalue weighted by Gasteiger charge is 2.11. The van der Waals surface area contributed by atoms with Crippen LogP contribution in [0.5, 0.6) is 5.75 Å². The van der Waals surface area contributed by atoms with E-state index in [0.717, 1.165) is 65.5 Å². The average Bonchev–Trinajstić information content (AvgIpc) is 3.48. The third-order valence-electron chi connectivity index (χ3n) is 5.52. The van der Waals surface area contributed by atoms with E-state index in [0.29, 0.717) is 0 Å². The Kier molecular flexibility index (Phi) is 4.93. The van der Waals surface area contributed by atoms with Gasteiger partial charge < -0.3 is 15.0 Å². The van der Waals surface area contributed by atoms with E-state index >= 15 is 0 Å². The first-order valence-electron chi connectivity index (χ1n) is 10.3. The smallest absolute Gasteiger partial charge is 0.138 e. The van der Waals surface area contributed by atoms with Gasteiger partial charge in [0, 0.05) is 17.7 Å². The van der Waals surface area contributed by atoms with Gasteiger partial charge in [0.15, 0.2) is 0 Å². The Bertz CT molecular complexity index is 1190. The van der Waals surface area contributed by atoms with Gasteiger partial charge in [0.25, 0.3) is 0 Å². The molecule has 2 N–H and O–H groups in total. The van der Waals surface area contributed by atoms with Crippen LogP contribution in [0, 0.1) is 0 Å². The standard InChI is InChI=1S/C25H24N4O/c1-30-21-11-6-18(7-12-21)3-2-17-4-8-19(9-5-17)25-28-22-13-10-20(16-23(22)29-25)24-26-14-15-27-24/h4-13,16H,2-3,14-15H2,1H3,(H,26,27)(H,28,29). The molecule has 30 heavy (non-hydrogen) atoms. The van der Waals surface area contributed by atoms with Crippen molar-refractivity contribution in [3.63, 3.8) is 0 Å². The minimum Gasteiger partial charge on any atom is -0.497 e. The monoisotopic (exact) mass is 396 g/mol. The normalized spacial score (nSPS) is 13.3. The van der Waals surface area contributed by atoms with Gasteiger partial charge in [-0.05, 0) is 54.3 Å². The van der Waals surface area contributed by atoms with Crippen molar-refractivity contribution in [2.75, 3.05) is 20.2 Å². The van der Waals surface area contributed by atoms with Crippen LogP contribution in [0.2, 0.25) is 0 Å². The number of ether oxygens (including phenoxy) is 1. The van der Waals surface area contributed by atoms with Crippen LogP contribution in [-0.4, -0.2) is 36.0 Å². The Morgan fingerprint density at radius 1 is 0.867 bits per heavy atom. The number of imidazole rings is 1. The molecule has 5 heteroatoms. The molecule has 0 radical (unpaired) electrons. The number of aromatic nitrogens is 2. The van der Waals surface area contributed by atoms with Crippen LogP contribution in [0.25, 0.3) is 22.4 Å². The second-order valence-corrected chi connectivity index (χ2v) is 7.52. The van der Waals surface area contributed by atoms with Crippen LogP contribution in [0.1, 0.15) is 16.7 Å². The summed E-state index contributed by atoms with van der Waals surface area (Å²) < 4.78 is 5.22. The van der Waals surface area contributed by atoms with Gasteiger partial charge in [-0.25, -0.2) is 4.98 Å². The average molecular weight is 396 g/mol. The predicted octanol–water partition coefficient (Wildman–Crippen LogP) is 4.37. The number of H-pyrrole nitrogens is 1. The number of hydrogen-bond donors (Lipinski definition) is 2. The number of aromatic amines is 1. The molecule has 5 rings (SSSR count). The van der Waals surface area contributed by atoms with Crippen LogP contribution >= 0.6 is 0 Å². The molecule has 1 aromatic heterocycles. The highest BCUT2D eigenvalue weighted by atomic mass is 16.5. The van der Waals surface area contributed by atoms with Gasteiger partial charge in [-0.15, -0.1) is 0 Å². The summed E-state index contributed by atoms with van der Waals surface area (Å²) in [4.78, 5) is 12.7. The molecule has 0 spiro atoms. The summed E-state index contributed by atoms with van der Waals surface area (Å²) in [5, 5.41) is 3.32. The zero-order valence-corrected chi connectivity index (χ0v) is 17.0. The summed E-state index contributed by atoms with van der Waals surface area (Å²) in [5.41, 5.74) is 6.83. The van der Waals surface area contributed by atoms with Crippen molar-refractivity contribution in [3.05, 3.63) is 83.4 Å². The molecule has 2 heterocycles. The number of amidine groups is 1. The number of rotatable bonds is 6. The van der Waals surface area contributed by atoms with E-state index in [4.69, 9.17) is 9.72 Å². The summed E-state index contributed by atoms with van der Waals surface area (Å²) in [5.74, 6) is 2.76. The minimum absolute atomic E-state index is 0.840. The number of hydrogen-bond acceptors (Lipinski definition) is 4. The van der Waals surface area contributed by atoms with Crippen molar-refractivity contribution in [2.45, 2.75) is 12.8 Å². The molecule has 0 atom stereocenters. The molecule has 1 aliphatic heterocycles. The van der Waals surface area contributed by atoms with Gasteiger partial charge in [-0.3, -0.25) is 4.99 Å². The first-order chi connectivity index (χ1) is 14.8. The van der Waals surface area contributed by atoms with Crippen LogP contribution in [0.15, 0.2) is 71.7 Å². The molecule has 0 unspecified atom stereocenters. The number of benzene rings is 3. The van der Waals surface area contributed by atoms with E-state index in [-0.39, 0.29) is 0 Å². The Hall–Kier alpha value is -3.60. The van der Waals surface area contributed by atoms with Crippen LogP contribution in [0.3, 0.4) is 0 Å². The van der Waals surface area contributed by atoms with Gasteiger partial charge in [0.2, 0.25) is 0 Å². The first kappa shape index (κ1) is 18.4. The molecule has 0 saturated carbocycles. The lowest BCUT2D eigenvalue weighted by atomic mass is 10.0. The van der Waals surface area contributed by atoms with Crippen molar-refractivity contribution in [2.24, 2.45) is 4.99 Å². The van der Waals surface area contributed by atoms with Crippen LogP contribution < -0.4 is 10.1 Å². The Labute approximate surface area is 175 Å². The summed E-state index contributed by atoms with van der Waals surface area (Å²) in [6.45, 7) is 1.75.